The molecule has 0 radical (unpaired) electrons. The van der Waals surface area contributed by atoms with Gasteiger partial charge in [0.05, 0.1) is 10.7 Å². The maximum absolute atomic E-state index is 11.8. The van der Waals surface area contributed by atoms with Crippen molar-refractivity contribution in [2.75, 3.05) is 5.32 Å². The zero-order chi connectivity index (χ0) is 14.7. The number of anilines is 1. The monoisotopic (exact) mass is 309 g/mol. The van der Waals surface area contributed by atoms with Gasteiger partial charge in [-0.15, -0.1) is 0 Å². The topological polar surface area (TPSA) is 38.3 Å². The van der Waals surface area contributed by atoms with Gasteiger partial charge in [-0.05, 0) is 55.3 Å². The average molecular weight is 310 g/mol. The maximum Gasteiger partial charge on any atom is 0.417 e. The number of ether oxygens (including phenoxy) is 1. The maximum atomic E-state index is 11.8. The van der Waals surface area contributed by atoms with Gasteiger partial charge in [-0.1, -0.05) is 29.3 Å². The SMILES string of the molecule is Cc1ccc(OC(=O)Nc2cc(Cl)ccc2Cl)cc1C. The van der Waals surface area contributed by atoms with Gasteiger partial charge < -0.3 is 4.74 Å². The summed E-state index contributed by atoms with van der Waals surface area (Å²) in [4.78, 5) is 11.8. The second kappa shape index (κ2) is 6.16. The van der Waals surface area contributed by atoms with Crippen molar-refractivity contribution in [2.45, 2.75) is 13.8 Å². The lowest BCUT2D eigenvalue weighted by Gasteiger charge is -2.09. The summed E-state index contributed by atoms with van der Waals surface area (Å²) in [6.45, 7) is 3.94. The molecule has 0 aromatic heterocycles. The molecule has 3 nitrogen and oxygen atoms in total. The van der Waals surface area contributed by atoms with Crippen molar-refractivity contribution >= 4 is 35.0 Å². The van der Waals surface area contributed by atoms with Crippen LogP contribution in [0.25, 0.3) is 0 Å². The number of carbonyl (C=O) groups is 1. The Hall–Kier alpha value is -1.71. The highest BCUT2D eigenvalue weighted by Gasteiger charge is 2.09. The molecule has 2 rings (SSSR count). The third-order valence-electron chi connectivity index (χ3n) is 2.85. The zero-order valence-electron chi connectivity index (χ0n) is 11.0. The molecule has 0 spiro atoms. The van der Waals surface area contributed by atoms with Gasteiger partial charge >= 0.3 is 6.09 Å². The minimum absolute atomic E-state index is 0.395. The van der Waals surface area contributed by atoms with Crippen LogP contribution in [0, 0.1) is 13.8 Å². The van der Waals surface area contributed by atoms with E-state index in [9.17, 15) is 4.79 Å². The summed E-state index contributed by atoms with van der Waals surface area (Å²) in [5.41, 5.74) is 2.60. The van der Waals surface area contributed by atoms with Crippen molar-refractivity contribution in [3.8, 4) is 5.75 Å². The summed E-state index contributed by atoms with van der Waals surface area (Å²) in [7, 11) is 0. The fourth-order valence-electron chi connectivity index (χ4n) is 1.61. The van der Waals surface area contributed by atoms with E-state index in [-0.39, 0.29) is 0 Å². The summed E-state index contributed by atoms with van der Waals surface area (Å²) in [6, 6.07) is 10.2. The van der Waals surface area contributed by atoms with Crippen molar-refractivity contribution in [3.05, 3.63) is 57.6 Å². The van der Waals surface area contributed by atoms with Crippen molar-refractivity contribution in [3.63, 3.8) is 0 Å². The molecule has 0 saturated heterocycles. The van der Waals surface area contributed by atoms with E-state index in [2.05, 4.69) is 5.32 Å². The number of amides is 1. The van der Waals surface area contributed by atoms with Crippen LogP contribution in [-0.4, -0.2) is 6.09 Å². The highest BCUT2D eigenvalue weighted by molar-refractivity contribution is 6.35. The van der Waals surface area contributed by atoms with E-state index in [0.29, 0.717) is 21.5 Å². The van der Waals surface area contributed by atoms with Crippen LogP contribution >= 0.6 is 23.2 Å². The van der Waals surface area contributed by atoms with Gasteiger partial charge in [0.1, 0.15) is 5.75 Å². The minimum atomic E-state index is -0.614. The highest BCUT2D eigenvalue weighted by atomic mass is 35.5. The molecule has 104 valence electrons. The average Bonchev–Trinajstić information content (AvgIpc) is 2.38. The molecule has 0 bridgehead atoms. The highest BCUT2D eigenvalue weighted by Crippen LogP contribution is 2.26. The summed E-state index contributed by atoms with van der Waals surface area (Å²) in [5, 5.41) is 3.43. The van der Waals surface area contributed by atoms with Crippen molar-refractivity contribution in [1.29, 1.82) is 0 Å². The van der Waals surface area contributed by atoms with Crippen LogP contribution in [0.2, 0.25) is 10.0 Å². The Bertz CT molecular complexity index is 656. The lowest BCUT2D eigenvalue weighted by molar-refractivity contribution is 0.215. The van der Waals surface area contributed by atoms with Crippen molar-refractivity contribution in [1.82, 2.24) is 0 Å². The Kier molecular flexibility index (Phi) is 4.53. The first-order valence-corrected chi connectivity index (χ1v) is 6.72. The summed E-state index contributed by atoms with van der Waals surface area (Å²) < 4.78 is 5.20. The fourth-order valence-corrected chi connectivity index (χ4v) is 1.95. The van der Waals surface area contributed by atoms with Crippen LogP contribution in [0.4, 0.5) is 10.5 Å². The molecule has 2 aromatic carbocycles. The Morgan fingerprint density at radius 2 is 1.80 bits per heavy atom. The smallest absolute Gasteiger partial charge is 0.410 e. The largest absolute Gasteiger partial charge is 0.417 e. The lowest BCUT2D eigenvalue weighted by atomic mass is 10.1. The number of aryl methyl sites for hydroxylation is 2. The molecular weight excluding hydrogens is 297 g/mol. The van der Waals surface area contributed by atoms with Gasteiger partial charge in [0, 0.05) is 5.02 Å². The standard InChI is InChI=1S/C15H13Cl2NO2/c1-9-3-5-12(7-10(9)2)20-15(19)18-14-8-11(16)4-6-13(14)17/h3-8H,1-2H3,(H,18,19). The molecule has 2 aromatic rings. The second-order valence-electron chi connectivity index (χ2n) is 4.38. The van der Waals surface area contributed by atoms with Crippen LogP contribution in [0.3, 0.4) is 0 Å². The first-order valence-electron chi connectivity index (χ1n) is 5.97. The second-order valence-corrected chi connectivity index (χ2v) is 5.23. The molecule has 20 heavy (non-hydrogen) atoms. The van der Waals surface area contributed by atoms with Gasteiger partial charge in [0.25, 0.3) is 0 Å². The molecule has 0 saturated carbocycles. The van der Waals surface area contributed by atoms with E-state index in [1.165, 1.54) is 0 Å². The Morgan fingerprint density at radius 3 is 2.50 bits per heavy atom. The minimum Gasteiger partial charge on any atom is -0.410 e. The Morgan fingerprint density at radius 1 is 1.05 bits per heavy atom. The molecule has 0 aliphatic carbocycles. The van der Waals surface area contributed by atoms with E-state index in [4.69, 9.17) is 27.9 Å². The molecule has 1 amide bonds. The van der Waals surface area contributed by atoms with Gasteiger partial charge in [-0.25, -0.2) is 4.79 Å². The molecule has 0 fully saturated rings. The predicted octanol–water partition coefficient (Wildman–Crippen LogP) is 5.22. The van der Waals surface area contributed by atoms with E-state index >= 15 is 0 Å². The number of carbonyl (C=O) groups excluding carboxylic acids is 1. The quantitative estimate of drug-likeness (QED) is 0.825. The Balaban J connectivity index is 2.09. The van der Waals surface area contributed by atoms with Gasteiger partial charge in [0.2, 0.25) is 0 Å². The van der Waals surface area contributed by atoms with E-state index in [1.807, 2.05) is 19.9 Å². The normalized spacial score (nSPS) is 10.2. The van der Waals surface area contributed by atoms with Crippen molar-refractivity contribution < 1.29 is 9.53 Å². The van der Waals surface area contributed by atoms with Crippen LogP contribution in [0.15, 0.2) is 36.4 Å². The number of nitrogens with one attached hydrogen (secondary N) is 1. The summed E-state index contributed by atoms with van der Waals surface area (Å²) in [6.07, 6.45) is -0.614. The lowest BCUT2D eigenvalue weighted by Crippen LogP contribution is -2.17. The molecular formula is C15H13Cl2NO2. The van der Waals surface area contributed by atoms with Crippen LogP contribution < -0.4 is 10.1 Å². The third-order valence-corrected chi connectivity index (χ3v) is 3.42. The predicted molar refractivity (Wildman–Crippen MR) is 82.0 cm³/mol. The van der Waals surface area contributed by atoms with E-state index in [1.54, 1.807) is 30.3 Å². The fraction of sp³-hybridized carbons (Fsp3) is 0.133. The van der Waals surface area contributed by atoms with Gasteiger partial charge in [-0.3, -0.25) is 5.32 Å². The first-order chi connectivity index (χ1) is 9.45. The van der Waals surface area contributed by atoms with E-state index < -0.39 is 6.09 Å². The number of rotatable bonds is 2. The molecule has 0 aliphatic heterocycles. The first kappa shape index (κ1) is 14.7. The van der Waals surface area contributed by atoms with Crippen LogP contribution in [0.1, 0.15) is 11.1 Å². The zero-order valence-corrected chi connectivity index (χ0v) is 12.5. The van der Waals surface area contributed by atoms with Gasteiger partial charge in [0.15, 0.2) is 0 Å². The number of benzene rings is 2. The summed E-state index contributed by atoms with van der Waals surface area (Å²) >= 11 is 11.8. The van der Waals surface area contributed by atoms with Crippen molar-refractivity contribution in [2.24, 2.45) is 0 Å². The molecule has 0 atom stereocenters. The molecule has 0 heterocycles. The molecule has 1 N–H and O–H groups in total. The number of hydrogen-bond donors (Lipinski definition) is 1. The third kappa shape index (κ3) is 3.65. The summed E-state index contributed by atoms with van der Waals surface area (Å²) in [5.74, 6) is 0.476. The number of hydrogen-bond acceptors (Lipinski definition) is 2. The van der Waals surface area contributed by atoms with Gasteiger partial charge in [-0.2, -0.15) is 0 Å². The molecule has 0 aliphatic rings. The number of halogens is 2. The van der Waals surface area contributed by atoms with E-state index in [0.717, 1.165) is 11.1 Å². The van der Waals surface area contributed by atoms with Crippen LogP contribution in [-0.2, 0) is 0 Å². The van der Waals surface area contributed by atoms with Crippen LogP contribution in [0.5, 0.6) is 5.75 Å². The molecule has 0 unspecified atom stereocenters. The Labute approximate surface area is 127 Å². The molecule has 5 heteroatoms.